The van der Waals surface area contributed by atoms with Crippen LogP contribution in [-0.4, -0.2) is 32.9 Å². The molecular weight excluding hydrogens is 790 g/mol. The maximum Gasteiger partial charge on any atom is 0.202 e. The number of aromatic hydroxyl groups is 4. The molecule has 6 aromatic carbocycles. The number of phenolic OH excluding ortho intramolecular Hbond substituents is 4. The van der Waals surface area contributed by atoms with E-state index in [-0.39, 0.29) is 56.0 Å². The predicted molar refractivity (Wildman–Crippen MR) is 178 cm³/mol. The number of phenols is 4. The molecule has 0 saturated heterocycles. The van der Waals surface area contributed by atoms with Crippen molar-refractivity contribution in [2.24, 2.45) is 9.98 Å². The minimum absolute atomic E-state index is 0. The molecule has 0 atom stereocenters. The zero-order chi connectivity index (χ0) is 29.9. The van der Waals surface area contributed by atoms with E-state index in [1.165, 1.54) is 24.6 Å². The van der Waals surface area contributed by atoms with E-state index in [1.54, 1.807) is 24.3 Å². The van der Waals surface area contributed by atoms with Crippen LogP contribution in [0.2, 0.25) is 0 Å². The Kier molecular flexibility index (Phi) is 9.17. The van der Waals surface area contributed by atoms with E-state index >= 15 is 0 Å². The van der Waals surface area contributed by atoms with Gasteiger partial charge in [-0.25, -0.2) is 0 Å². The van der Waals surface area contributed by atoms with Gasteiger partial charge in [0.05, 0.1) is 0 Å². The Labute approximate surface area is 295 Å². The van der Waals surface area contributed by atoms with Crippen molar-refractivity contribution in [1.29, 1.82) is 0 Å². The van der Waals surface area contributed by atoms with Gasteiger partial charge in [-0.1, -0.05) is 80.4 Å². The van der Waals surface area contributed by atoms with Crippen LogP contribution in [0.5, 0.6) is 23.0 Å². The molecule has 230 valence electrons. The van der Waals surface area contributed by atoms with Crippen molar-refractivity contribution in [2.75, 3.05) is 0 Å². The first-order valence-corrected chi connectivity index (χ1v) is 14.9. The minimum Gasteiger partial charge on any atom is -0.504 e. The molecule has 1 aliphatic rings. The normalized spacial score (nSPS) is 13.1. The first kappa shape index (κ1) is 32.7. The SMILES string of the molecule is Oc1cccc(/C=N/C2(/N=C/c3cccc(O)c3O)c3ccc4cc(Br)ccc4c3-c3c2ccc2cc(Br)ccc32)c1O.[Ni].[Ni]. The summed E-state index contributed by atoms with van der Waals surface area (Å²) in [6, 6.07) is 29.7. The van der Waals surface area contributed by atoms with Crippen molar-refractivity contribution in [1.82, 2.24) is 0 Å². The summed E-state index contributed by atoms with van der Waals surface area (Å²) in [4.78, 5) is 10.1. The van der Waals surface area contributed by atoms with Gasteiger partial charge in [-0.3, -0.25) is 9.98 Å². The zero-order valence-corrected chi connectivity index (χ0v) is 28.1. The number of hydrogen-bond acceptors (Lipinski definition) is 6. The first-order valence-electron chi connectivity index (χ1n) is 13.3. The van der Waals surface area contributed by atoms with E-state index < -0.39 is 5.66 Å². The molecular formula is C35H22Br2N2Ni2O4. The minimum atomic E-state index is -1.34. The van der Waals surface area contributed by atoms with Gasteiger partial charge in [-0.15, -0.1) is 0 Å². The van der Waals surface area contributed by atoms with E-state index in [4.69, 9.17) is 9.98 Å². The number of aliphatic imine (C=N–C) groups is 2. The van der Waals surface area contributed by atoms with Crippen molar-refractivity contribution in [2.45, 2.75) is 5.66 Å². The third-order valence-electron chi connectivity index (χ3n) is 7.84. The molecule has 45 heavy (non-hydrogen) atoms. The number of hydrogen-bond donors (Lipinski definition) is 4. The number of rotatable bonds is 4. The van der Waals surface area contributed by atoms with E-state index in [9.17, 15) is 20.4 Å². The molecule has 0 spiro atoms. The topological polar surface area (TPSA) is 106 Å². The fraction of sp³-hybridized carbons (Fsp3) is 0.0286. The van der Waals surface area contributed by atoms with Gasteiger partial charge in [0.15, 0.2) is 23.0 Å². The summed E-state index contributed by atoms with van der Waals surface area (Å²) in [5, 5.41) is 45.6. The number of fused-ring (bicyclic) bond motifs is 7. The van der Waals surface area contributed by atoms with Crippen LogP contribution in [0.4, 0.5) is 0 Å². The molecule has 0 unspecified atom stereocenters. The third kappa shape index (κ3) is 5.44. The first-order chi connectivity index (χ1) is 20.8. The molecule has 0 bridgehead atoms. The van der Waals surface area contributed by atoms with Crippen LogP contribution in [-0.2, 0) is 38.6 Å². The van der Waals surface area contributed by atoms with Gasteiger partial charge in [-0.2, -0.15) is 0 Å². The molecule has 0 aromatic heterocycles. The summed E-state index contributed by atoms with van der Waals surface area (Å²) in [7, 11) is 0. The second kappa shape index (κ2) is 12.6. The van der Waals surface area contributed by atoms with E-state index in [0.717, 1.165) is 52.7 Å². The fourth-order valence-corrected chi connectivity index (χ4v) is 6.57. The number of para-hydroxylation sites is 2. The molecule has 0 amide bonds. The van der Waals surface area contributed by atoms with Crippen LogP contribution >= 0.6 is 31.9 Å². The molecule has 7 rings (SSSR count). The quantitative estimate of drug-likeness (QED) is 0.0812. The summed E-state index contributed by atoms with van der Waals surface area (Å²) in [5.74, 6) is -1.10. The molecule has 0 aliphatic heterocycles. The van der Waals surface area contributed by atoms with Crippen molar-refractivity contribution >= 4 is 65.8 Å². The van der Waals surface area contributed by atoms with E-state index in [2.05, 4.69) is 56.1 Å². The summed E-state index contributed by atoms with van der Waals surface area (Å²) in [6.07, 6.45) is 3.01. The largest absolute Gasteiger partial charge is 0.504 e. The van der Waals surface area contributed by atoms with Gasteiger partial charge in [0.2, 0.25) is 5.66 Å². The number of benzene rings is 6. The Balaban J connectivity index is 0.00000200. The molecule has 0 fully saturated rings. The van der Waals surface area contributed by atoms with Gasteiger partial charge < -0.3 is 20.4 Å². The predicted octanol–water partition coefficient (Wildman–Crippen LogP) is 8.76. The summed E-state index contributed by atoms with van der Waals surface area (Å²) in [5.41, 5.74) is 2.85. The van der Waals surface area contributed by atoms with Crippen LogP contribution in [0, 0.1) is 0 Å². The Hall–Kier alpha value is -3.67. The van der Waals surface area contributed by atoms with Crippen LogP contribution in [0.1, 0.15) is 22.3 Å². The summed E-state index contributed by atoms with van der Waals surface area (Å²) >= 11 is 7.20. The summed E-state index contributed by atoms with van der Waals surface area (Å²) < 4.78 is 1.92. The van der Waals surface area contributed by atoms with E-state index in [0.29, 0.717) is 11.1 Å². The zero-order valence-electron chi connectivity index (χ0n) is 23.0. The van der Waals surface area contributed by atoms with Crippen molar-refractivity contribution in [3.05, 3.63) is 128 Å². The van der Waals surface area contributed by atoms with Gasteiger partial charge in [0.1, 0.15) is 0 Å². The average Bonchev–Trinajstić information content (AvgIpc) is 3.28. The van der Waals surface area contributed by atoms with Crippen LogP contribution in [0.3, 0.4) is 0 Å². The molecule has 0 heterocycles. The Morgan fingerprint density at radius 3 is 1.38 bits per heavy atom. The molecule has 4 N–H and O–H groups in total. The maximum absolute atomic E-state index is 10.6. The van der Waals surface area contributed by atoms with Gasteiger partial charge in [0.25, 0.3) is 0 Å². The van der Waals surface area contributed by atoms with Crippen LogP contribution in [0.25, 0.3) is 32.7 Å². The summed E-state index contributed by atoms with van der Waals surface area (Å²) in [6.45, 7) is 0. The average molecular weight is 812 g/mol. The molecule has 0 saturated carbocycles. The Morgan fingerprint density at radius 1 is 0.533 bits per heavy atom. The Morgan fingerprint density at radius 2 is 0.956 bits per heavy atom. The fourth-order valence-electron chi connectivity index (χ4n) is 5.81. The van der Waals surface area contributed by atoms with Crippen molar-refractivity contribution in [3.63, 3.8) is 0 Å². The van der Waals surface area contributed by atoms with Gasteiger partial charge in [0, 0.05) is 76.6 Å². The van der Waals surface area contributed by atoms with Crippen LogP contribution < -0.4 is 0 Å². The second-order valence-corrected chi connectivity index (χ2v) is 12.2. The molecule has 6 nitrogen and oxygen atoms in total. The standard InChI is InChI=1S/C35H22Br2N2O4.2Ni/c36-23-9-11-25-19(15-23)7-13-27-31(25)32-26-12-10-24(37)16-20(26)8-14-28(32)35(27,38-17-21-3-1-5-29(40)33(21)42)39-18-22-4-2-6-30(41)34(22)43;;/h1-18,40-43H;;/b38-17+,39-18+;;. The Bertz CT molecular complexity index is 2030. The number of nitrogens with zero attached hydrogens (tertiary/aromatic N) is 2. The maximum atomic E-state index is 10.6. The number of halogens is 2. The van der Waals surface area contributed by atoms with E-state index in [1.807, 2.05) is 36.4 Å². The van der Waals surface area contributed by atoms with Gasteiger partial charge in [-0.05, 0) is 81.2 Å². The van der Waals surface area contributed by atoms with Gasteiger partial charge >= 0.3 is 0 Å². The molecule has 0 radical (unpaired) electrons. The molecule has 1 aliphatic carbocycles. The van der Waals surface area contributed by atoms with Crippen molar-refractivity contribution in [3.8, 4) is 34.1 Å². The second-order valence-electron chi connectivity index (χ2n) is 10.3. The van der Waals surface area contributed by atoms with Crippen LogP contribution in [0.15, 0.2) is 116 Å². The molecule has 6 aromatic rings. The third-order valence-corrected chi connectivity index (χ3v) is 8.82. The smallest absolute Gasteiger partial charge is 0.202 e. The van der Waals surface area contributed by atoms with Crippen molar-refractivity contribution < 1.29 is 53.4 Å². The molecule has 10 heteroatoms. The monoisotopic (exact) mass is 808 g/mol.